The summed E-state index contributed by atoms with van der Waals surface area (Å²) in [5.41, 5.74) is 1.07. The first-order chi connectivity index (χ1) is 18.0. The maximum absolute atomic E-state index is 14.0. The first-order valence-corrected chi connectivity index (χ1v) is 14.9. The molecule has 0 saturated carbocycles. The highest BCUT2D eigenvalue weighted by Crippen LogP contribution is 2.70. The van der Waals surface area contributed by atoms with Gasteiger partial charge in [-0.1, -0.05) is 38.1 Å². The second-order valence-electron chi connectivity index (χ2n) is 8.55. The monoisotopic (exact) mass is 562 g/mol. The van der Waals surface area contributed by atoms with Gasteiger partial charge in [0, 0.05) is 14.7 Å². The molecule has 4 rings (SSSR count). The van der Waals surface area contributed by atoms with Gasteiger partial charge in [0.2, 0.25) is 0 Å². The van der Waals surface area contributed by atoms with E-state index in [1.54, 1.807) is 24.3 Å². The Labute approximate surface area is 221 Å². The minimum atomic E-state index is -4.62. The third-order valence-corrected chi connectivity index (χ3v) is 11.3. The van der Waals surface area contributed by atoms with Crippen molar-refractivity contribution in [2.75, 3.05) is 0 Å². The van der Waals surface area contributed by atoms with Gasteiger partial charge in [-0.3, -0.25) is 0 Å². The minimum Gasteiger partial charge on any atom is -0.207 e. The highest BCUT2D eigenvalue weighted by molar-refractivity contribution is 8.33. The van der Waals surface area contributed by atoms with Crippen molar-refractivity contribution in [3.8, 4) is 0 Å². The molecule has 0 saturated heterocycles. The first kappa shape index (κ1) is 27.9. The van der Waals surface area contributed by atoms with Crippen LogP contribution in [0, 0.1) is 5.82 Å². The normalized spacial score (nSPS) is 12.9. The molecule has 0 radical (unpaired) electrons. The summed E-state index contributed by atoms with van der Waals surface area (Å²) in [5.74, 6) is -0.504. The number of rotatable bonds is 8. The van der Waals surface area contributed by atoms with Gasteiger partial charge >= 0.3 is 16.3 Å². The fraction of sp³-hybridized carbons (Fsp3) is 0.172. The Bertz CT molecular complexity index is 1430. The fourth-order valence-corrected chi connectivity index (χ4v) is 9.15. The Balaban J connectivity index is 1.96. The zero-order chi connectivity index (χ0) is 27.6. The summed E-state index contributed by atoms with van der Waals surface area (Å²) in [6, 6.07) is 23.2. The largest absolute Gasteiger partial charge is 0.416 e. The summed E-state index contributed by atoms with van der Waals surface area (Å²) >= 11 is 0. The molecule has 0 unspecified atom stereocenters. The first-order valence-electron chi connectivity index (χ1n) is 11.9. The van der Waals surface area contributed by atoms with Gasteiger partial charge in [0.1, 0.15) is 5.82 Å². The number of halogens is 4. The number of aryl methyl sites for hydroxylation is 2. The van der Waals surface area contributed by atoms with Crippen LogP contribution in [-0.4, -0.2) is 8.42 Å². The van der Waals surface area contributed by atoms with E-state index >= 15 is 0 Å². The molecule has 9 heteroatoms. The van der Waals surface area contributed by atoms with Crippen LogP contribution in [0.3, 0.4) is 0 Å². The molecule has 3 nitrogen and oxygen atoms in total. The van der Waals surface area contributed by atoms with E-state index < -0.39 is 42.9 Å². The minimum absolute atomic E-state index is 0.417. The summed E-state index contributed by atoms with van der Waals surface area (Å²) in [7, 11) is -7.61. The Kier molecular flexibility index (Phi) is 8.01. The molecule has 0 atom stereocenters. The summed E-state index contributed by atoms with van der Waals surface area (Å²) in [4.78, 5) is 1.09. The van der Waals surface area contributed by atoms with Crippen LogP contribution in [-0.2, 0) is 32.8 Å². The van der Waals surface area contributed by atoms with Gasteiger partial charge in [0.25, 0.3) is 0 Å². The predicted molar refractivity (Wildman–Crippen MR) is 140 cm³/mol. The average Bonchev–Trinajstić information content (AvgIpc) is 2.92. The highest BCUT2D eigenvalue weighted by Gasteiger charge is 2.39. The molecule has 4 aromatic rings. The standard InChI is InChI=1S/C29H26F4O3S2/c1-3-21-5-13-25(14-6-21)37(27-19-11-24(30)12-20-27,26-15-7-22(4-2)8-16-26)36-38(34,35)28-17-9-23(10-18-28)29(31,32)33/h5-20H,3-4H2,1-2H3. The lowest BCUT2D eigenvalue weighted by molar-refractivity contribution is -0.137. The van der Waals surface area contributed by atoms with E-state index in [4.69, 9.17) is 3.63 Å². The van der Waals surface area contributed by atoms with Gasteiger partial charge in [-0.25, -0.2) is 8.02 Å². The van der Waals surface area contributed by atoms with Crippen LogP contribution in [0.4, 0.5) is 17.6 Å². The quantitative estimate of drug-likeness (QED) is 0.202. The zero-order valence-electron chi connectivity index (χ0n) is 20.7. The highest BCUT2D eigenvalue weighted by atomic mass is 32.3. The Hall–Kier alpha value is -3.14. The van der Waals surface area contributed by atoms with Crippen molar-refractivity contribution in [1.82, 2.24) is 0 Å². The average molecular weight is 563 g/mol. The Morgan fingerprint density at radius 1 is 0.605 bits per heavy atom. The molecule has 0 spiro atoms. The maximum atomic E-state index is 14.0. The number of benzene rings is 4. The topological polar surface area (TPSA) is 43.4 Å². The molecule has 0 aliphatic rings. The van der Waals surface area contributed by atoms with Gasteiger partial charge in [-0.05, 0) is 107 Å². The van der Waals surface area contributed by atoms with E-state index in [0.29, 0.717) is 26.8 Å². The third-order valence-electron chi connectivity index (χ3n) is 6.13. The van der Waals surface area contributed by atoms with Crippen molar-refractivity contribution in [1.29, 1.82) is 0 Å². The fourth-order valence-electron chi connectivity index (χ4n) is 3.97. The molecule has 0 aliphatic carbocycles. The predicted octanol–water partition coefficient (Wildman–Crippen LogP) is 8.57. The summed E-state index contributed by atoms with van der Waals surface area (Å²) in [6.45, 7) is 3.98. The van der Waals surface area contributed by atoms with Crippen LogP contribution in [0.15, 0.2) is 117 Å². The molecule has 0 N–H and O–H groups in total. The SMILES string of the molecule is CCc1ccc(S(OS(=O)(=O)c2ccc(C(F)(F)F)cc2)(c2ccc(F)cc2)c2ccc(CC)cc2)cc1. The van der Waals surface area contributed by atoms with Gasteiger partial charge < -0.3 is 0 Å². The third kappa shape index (κ3) is 5.65. The van der Waals surface area contributed by atoms with Crippen LogP contribution in [0.1, 0.15) is 30.5 Å². The Morgan fingerprint density at radius 3 is 1.34 bits per heavy atom. The van der Waals surface area contributed by atoms with Crippen LogP contribution in [0.25, 0.3) is 0 Å². The van der Waals surface area contributed by atoms with Gasteiger partial charge in [-0.2, -0.15) is 21.6 Å². The summed E-state index contributed by atoms with van der Waals surface area (Å²) in [6.07, 6.45) is -3.10. The molecular formula is C29H26F4O3S2. The summed E-state index contributed by atoms with van der Waals surface area (Å²) < 4.78 is 86.8. The number of hydrogen-bond acceptors (Lipinski definition) is 3. The van der Waals surface area contributed by atoms with Crippen molar-refractivity contribution < 1.29 is 29.6 Å². The van der Waals surface area contributed by atoms with Crippen LogP contribution in [0.2, 0.25) is 0 Å². The van der Waals surface area contributed by atoms with E-state index in [9.17, 15) is 26.0 Å². The van der Waals surface area contributed by atoms with Crippen molar-refractivity contribution in [2.45, 2.75) is 52.4 Å². The molecule has 200 valence electrons. The molecule has 0 fully saturated rings. The van der Waals surface area contributed by atoms with Gasteiger partial charge in [0.05, 0.1) is 10.5 Å². The molecule has 0 aromatic heterocycles. The van der Waals surface area contributed by atoms with Crippen LogP contribution < -0.4 is 0 Å². The lowest BCUT2D eigenvalue weighted by Gasteiger charge is -2.39. The lowest BCUT2D eigenvalue weighted by Crippen LogP contribution is -2.15. The second kappa shape index (κ2) is 10.9. The van der Waals surface area contributed by atoms with Crippen molar-refractivity contribution in [2.24, 2.45) is 0 Å². The molecule has 4 aromatic carbocycles. The van der Waals surface area contributed by atoms with E-state index in [1.165, 1.54) is 24.3 Å². The van der Waals surface area contributed by atoms with E-state index in [0.717, 1.165) is 36.1 Å². The second-order valence-corrected chi connectivity index (χ2v) is 13.0. The smallest absolute Gasteiger partial charge is 0.207 e. The molecule has 0 heterocycles. The molecule has 0 aliphatic heterocycles. The molecule has 0 bridgehead atoms. The van der Waals surface area contributed by atoms with Crippen molar-refractivity contribution in [3.05, 3.63) is 120 Å². The van der Waals surface area contributed by atoms with E-state index in [1.807, 2.05) is 38.1 Å². The summed E-state index contributed by atoms with van der Waals surface area (Å²) in [5, 5.41) is 0. The van der Waals surface area contributed by atoms with E-state index in [2.05, 4.69) is 0 Å². The number of alkyl halides is 3. The molecule has 38 heavy (non-hydrogen) atoms. The van der Waals surface area contributed by atoms with Crippen LogP contribution >= 0.6 is 10.3 Å². The maximum Gasteiger partial charge on any atom is 0.416 e. The van der Waals surface area contributed by atoms with Gasteiger partial charge in [-0.15, -0.1) is 0 Å². The zero-order valence-corrected chi connectivity index (χ0v) is 22.3. The van der Waals surface area contributed by atoms with Gasteiger partial charge in [0.15, 0.2) is 0 Å². The molecule has 0 amide bonds. The Morgan fingerprint density at radius 2 is 0.974 bits per heavy atom. The van der Waals surface area contributed by atoms with Crippen LogP contribution in [0.5, 0.6) is 0 Å². The van der Waals surface area contributed by atoms with E-state index in [-0.39, 0.29) is 0 Å². The molecular weight excluding hydrogens is 536 g/mol. The lowest BCUT2D eigenvalue weighted by atomic mass is 10.2. The number of hydrogen-bond donors (Lipinski definition) is 0. The van der Waals surface area contributed by atoms with Crippen molar-refractivity contribution >= 4 is 20.4 Å². The van der Waals surface area contributed by atoms with Crippen molar-refractivity contribution in [3.63, 3.8) is 0 Å².